The van der Waals surface area contributed by atoms with Crippen molar-refractivity contribution in [2.75, 3.05) is 4.90 Å². The van der Waals surface area contributed by atoms with E-state index < -0.39 is 5.82 Å². The lowest BCUT2D eigenvalue weighted by molar-refractivity contribution is 0.549. The van der Waals surface area contributed by atoms with Crippen LogP contribution in [-0.4, -0.2) is 14.7 Å². The molecule has 0 saturated carbocycles. The highest BCUT2D eigenvalue weighted by Gasteiger charge is 2.42. The van der Waals surface area contributed by atoms with Crippen molar-refractivity contribution in [3.63, 3.8) is 0 Å². The molecule has 172 valence electrons. The summed E-state index contributed by atoms with van der Waals surface area (Å²) < 4.78 is 15.9. The Bertz CT molecular complexity index is 1320. The van der Waals surface area contributed by atoms with E-state index in [2.05, 4.69) is 59.4 Å². The number of rotatable bonds is 5. The van der Waals surface area contributed by atoms with Crippen molar-refractivity contribution < 1.29 is 4.39 Å². The van der Waals surface area contributed by atoms with Crippen molar-refractivity contribution in [2.45, 2.75) is 31.8 Å². The highest BCUT2D eigenvalue weighted by atomic mass is 35.5. The summed E-state index contributed by atoms with van der Waals surface area (Å²) in [6, 6.07) is 22.8. The zero-order valence-electron chi connectivity index (χ0n) is 18.8. The summed E-state index contributed by atoms with van der Waals surface area (Å²) in [4.78, 5) is 6.75. The first-order valence-corrected chi connectivity index (χ1v) is 12.0. The number of thiocarbonyl (C=S) groups is 1. The molecule has 2 aromatic carbocycles. The van der Waals surface area contributed by atoms with E-state index >= 15 is 0 Å². The quantitative estimate of drug-likeness (QED) is 0.306. The van der Waals surface area contributed by atoms with Crippen LogP contribution in [0.5, 0.6) is 0 Å². The number of hydrogen-bond acceptors (Lipinski definition) is 2. The van der Waals surface area contributed by atoms with Crippen molar-refractivity contribution >= 4 is 34.6 Å². The molecule has 5 rings (SSSR count). The summed E-state index contributed by atoms with van der Waals surface area (Å²) in [5, 5.41) is 4.20. The standard InChI is InChI=1S/C27H24ClFN4S/c1-17(2)18-8-10-19(11-9-18)33-26(25(31-27(33)34)23-6-3-4-14-30-23)24-7-5-15-32(24)20-12-13-22(29)21(28)16-20/h3-17,25-26H,1-2H3,(H,31,34)/t25-,26-/m1/s1. The van der Waals surface area contributed by atoms with Gasteiger partial charge in [0.25, 0.3) is 0 Å². The third-order valence-corrected chi connectivity index (χ3v) is 6.80. The minimum Gasteiger partial charge on any atom is -0.351 e. The van der Waals surface area contributed by atoms with Gasteiger partial charge >= 0.3 is 0 Å². The third-order valence-electron chi connectivity index (χ3n) is 6.20. The number of nitrogens with zero attached hydrogens (tertiary/aromatic N) is 3. The molecule has 3 heterocycles. The lowest BCUT2D eigenvalue weighted by Crippen LogP contribution is -2.30. The molecular formula is C27H24ClFN4S. The molecule has 4 nitrogen and oxygen atoms in total. The maximum absolute atomic E-state index is 13.9. The van der Waals surface area contributed by atoms with Gasteiger partial charge in [-0.25, -0.2) is 4.39 Å². The molecule has 7 heteroatoms. The first kappa shape index (κ1) is 22.6. The van der Waals surface area contributed by atoms with E-state index in [9.17, 15) is 4.39 Å². The zero-order valence-corrected chi connectivity index (χ0v) is 20.4. The van der Waals surface area contributed by atoms with Crippen LogP contribution in [0.1, 0.15) is 48.8 Å². The fourth-order valence-corrected chi connectivity index (χ4v) is 4.98. The van der Waals surface area contributed by atoms with Crippen molar-refractivity contribution in [1.82, 2.24) is 14.9 Å². The molecule has 1 N–H and O–H groups in total. The van der Waals surface area contributed by atoms with Gasteiger partial charge in [0.15, 0.2) is 5.11 Å². The Hall–Kier alpha value is -3.22. The first-order chi connectivity index (χ1) is 16.4. The predicted molar refractivity (Wildman–Crippen MR) is 139 cm³/mol. The van der Waals surface area contributed by atoms with Crippen LogP contribution in [0.2, 0.25) is 5.02 Å². The fraction of sp³-hybridized carbons (Fsp3) is 0.185. The summed E-state index contributed by atoms with van der Waals surface area (Å²) >= 11 is 12.0. The molecule has 2 aromatic heterocycles. The van der Waals surface area contributed by atoms with Crippen LogP contribution in [0.4, 0.5) is 10.1 Å². The van der Waals surface area contributed by atoms with Crippen molar-refractivity contribution in [3.05, 3.63) is 113 Å². The van der Waals surface area contributed by atoms with Gasteiger partial charge in [0.1, 0.15) is 11.9 Å². The second-order valence-corrected chi connectivity index (χ2v) is 9.44. The molecule has 2 atom stereocenters. The number of pyridine rings is 1. The Morgan fingerprint density at radius 1 is 1.00 bits per heavy atom. The first-order valence-electron chi connectivity index (χ1n) is 11.2. The Balaban J connectivity index is 1.64. The third kappa shape index (κ3) is 4.08. The van der Waals surface area contributed by atoms with Crippen molar-refractivity contribution in [2.24, 2.45) is 0 Å². The molecule has 1 aliphatic heterocycles. The summed E-state index contributed by atoms with van der Waals surface area (Å²) in [7, 11) is 0. The number of halogens is 2. The summed E-state index contributed by atoms with van der Waals surface area (Å²) in [5.41, 5.74) is 4.91. The number of nitrogens with one attached hydrogen (secondary N) is 1. The van der Waals surface area contributed by atoms with E-state index in [1.807, 2.05) is 35.0 Å². The Morgan fingerprint density at radius 3 is 2.44 bits per heavy atom. The molecule has 0 amide bonds. The van der Waals surface area contributed by atoms with Crippen LogP contribution < -0.4 is 10.2 Å². The monoisotopic (exact) mass is 490 g/mol. The van der Waals surface area contributed by atoms with Gasteiger partial charge in [-0.05, 0) is 78.3 Å². The van der Waals surface area contributed by atoms with E-state index in [4.69, 9.17) is 23.8 Å². The molecule has 4 aromatic rings. The molecule has 0 bridgehead atoms. The zero-order chi connectivity index (χ0) is 23.8. The van der Waals surface area contributed by atoms with Crippen LogP contribution in [-0.2, 0) is 0 Å². The largest absolute Gasteiger partial charge is 0.351 e. The number of anilines is 1. The molecule has 1 saturated heterocycles. The van der Waals surface area contributed by atoms with Crippen LogP contribution in [0.15, 0.2) is 85.2 Å². The lowest BCUT2D eigenvalue weighted by atomic mass is 9.99. The molecular weight excluding hydrogens is 467 g/mol. The number of hydrogen-bond donors (Lipinski definition) is 1. The van der Waals surface area contributed by atoms with Gasteiger partial charge in [-0.2, -0.15) is 0 Å². The topological polar surface area (TPSA) is 33.1 Å². The molecule has 1 aliphatic rings. The second kappa shape index (κ2) is 9.20. The molecule has 0 unspecified atom stereocenters. The second-order valence-electron chi connectivity index (χ2n) is 8.64. The smallest absolute Gasteiger partial charge is 0.174 e. The highest BCUT2D eigenvalue weighted by molar-refractivity contribution is 7.80. The normalized spacial score (nSPS) is 17.9. The molecule has 0 spiro atoms. The van der Waals surface area contributed by atoms with E-state index in [1.165, 1.54) is 11.6 Å². The van der Waals surface area contributed by atoms with E-state index in [0.29, 0.717) is 11.0 Å². The van der Waals surface area contributed by atoms with Gasteiger partial charge in [-0.3, -0.25) is 4.98 Å². The maximum atomic E-state index is 13.9. The van der Waals surface area contributed by atoms with Gasteiger partial charge in [0.05, 0.1) is 16.8 Å². The lowest BCUT2D eigenvalue weighted by Gasteiger charge is -2.29. The van der Waals surface area contributed by atoms with Crippen molar-refractivity contribution in [1.29, 1.82) is 0 Å². The van der Waals surface area contributed by atoms with E-state index in [-0.39, 0.29) is 17.1 Å². The fourth-order valence-electron chi connectivity index (χ4n) is 4.46. The molecule has 1 fully saturated rings. The van der Waals surface area contributed by atoms with Gasteiger partial charge in [0.2, 0.25) is 0 Å². The SMILES string of the molecule is CC(C)c1ccc(N2C(=S)N[C@H](c3ccccn3)[C@H]2c2cccn2-c2ccc(F)c(Cl)c2)cc1. The van der Waals surface area contributed by atoms with Crippen LogP contribution in [0.3, 0.4) is 0 Å². The molecule has 34 heavy (non-hydrogen) atoms. The highest BCUT2D eigenvalue weighted by Crippen LogP contribution is 2.42. The van der Waals surface area contributed by atoms with Crippen LogP contribution in [0, 0.1) is 5.82 Å². The Labute approximate surface area is 209 Å². The number of benzene rings is 2. The van der Waals surface area contributed by atoms with Crippen LogP contribution >= 0.6 is 23.8 Å². The Morgan fingerprint density at radius 2 is 1.76 bits per heavy atom. The summed E-state index contributed by atoms with van der Waals surface area (Å²) in [5.74, 6) is -0.00344. The van der Waals surface area contributed by atoms with Gasteiger partial charge in [-0.1, -0.05) is 43.6 Å². The molecule has 0 radical (unpaired) electrons. The summed E-state index contributed by atoms with van der Waals surface area (Å²) in [6.45, 7) is 4.36. The average Bonchev–Trinajstić information content (AvgIpc) is 3.45. The van der Waals surface area contributed by atoms with Gasteiger partial charge in [0, 0.05) is 29.5 Å². The Kier molecular flexibility index (Phi) is 6.11. The summed E-state index contributed by atoms with van der Waals surface area (Å²) in [6.07, 6.45) is 3.74. The maximum Gasteiger partial charge on any atom is 0.174 e. The molecule has 0 aliphatic carbocycles. The average molecular weight is 491 g/mol. The van der Waals surface area contributed by atoms with E-state index in [0.717, 1.165) is 22.8 Å². The van der Waals surface area contributed by atoms with Crippen molar-refractivity contribution in [3.8, 4) is 5.69 Å². The minimum atomic E-state index is -0.443. The van der Waals surface area contributed by atoms with Gasteiger partial charge < -0.3 is 14.8 Å². The van der Waals surface area contributed by atoms with Crippen LogP contribution in [0.25, 0.3) is 5.69 Å². The predicted octanol–water partition coefficient (Wildman–Crippen LogP) is 6.97. The number of aromatic nitrogens is 2. The van der Waals surface area contributed by atoms with E-state index in [1.54, 1.807) is 18.3 Å². The van der Waals surface area contributed by atoms with Gasteiger partial charge in [-0.15, -0.1) is 0 Å². The minimum absolute atomic E-state index is 0.0830.